The number of aliphatic hydroxyl groups is 1. The molecule has 3 rings (SSSR count). The van der Waals surface area contributed by atoms with Gasteiger partial charge in [-0.2, -0.15) is 0 Å². The van der Waals surface area contributed by atoms with Crippen LogP contribution in [0.15, 0.2) is 35.5 Å². The lowest BCUT2D eigenvalue weighted by molar-refractivity contribution is 0.0705. The first-order chi connectivity index (χ1) is 10.4. The molecule has 0 fully saturated rings. The molecule has 7 heteroatoms. The van der Waals surface area contributed by atoms with Crippen LogP contribution in [0.25, 0.3) is 11.2 Å². The Kier molecular flexibility index (Phi) is 3.44. The van der Waals surface area contributed by atoms with Crippen molar-refractivity contribution in [2.45, 2.75) is 25.0 Å². The molecule has 2 atom stereocenters. The van der Waals surface area contributed by atoms with Crippen LogP contribution < -0.4 is 0 Å². The quantitative estimate of drug-likeness (QED) is 0.697. The highest BCUT2D eigenvalue weighted by atomic mass is 19.1. The van der Waals surface area contributed by atoms with Gasteiger partial charge in [-0.3, -0.25) is 0 Å². The average molecular weight is 303 g/mol. The van der Waals surface area contributed by atoms with Crippen LogP contribution >= 0.6 is 0 Å². The molecule has 0 saturated carbocycles. The minimum absolute atomic E-state index is 0.261. The van der Waals surface area contributed by atoms with Crippen LogP contribution in [0.4, 0.5) is 10.1 Å². The molecule has 22 heavy (non-hydrogen) atoms. The fraction of sp³-hybridized carbons (Fsp3) is 0.400. The number of allylic oxidation sites excluding steroid dienone is 1. The van der Waals surface area contributed by atoms with E-state index >= 15 is 0 Å². The van der Waals surface area contributed by atoms with E-state index in [4.69, 9.17) is 0 Å². The minimum atomic E-state index is -1.43. The summed E-state index contributed by atoms with van der Waals surface area (Å²) < 4.78 is 15.5. The van der Waals surface area contributed by atoms with Crippen molar-refractivity contribution in [2.75, 3.05) is 14.1 Å². The molecule has 1 aliphatic carbocycles. The van der Waals surface area contributed by atoms with Crippen LogP contribution in [0.2, 0.25) is 0 Å². The van der Waals surface area contributed by atoms with E-state index in [1.807, 2.05) is 19.0 Å². The highest BCUT2D eigenvalue weighted by molar-refractivity contribution is 5.85. The molecule has 0 bridgehead atoms. The van der Waals surface area contributed by atoms with Crippen molar-refractivity contribution >= 4 is 23.2 Å². The van der Waals surface area contributed by atoms with Gasteiger partial charge in [0.15, 0.2) is 5.65 Å². The molecule has 6 nitrogen and oxygen atoms in total. The van der Waals surface area contributed by atoms with E-state index in [0.29, 0.717) is 16.9 Å². The molecule has 0 saturated heterocycles. The molecule has 0 unspecified atom stereocenters. The summed E-state index contributed by atoms with van der Waals surface area (Å²) in [6.45, 7) is 1.47. The van der Waals surface area contributed by atoms with Crippen LogP contribution in [0.5, 0.6) is 0 Å². The summed E-state index contributed by atoms with van der Waals surface area (Å²) in [6.07, 6.45) is 6.63. The Morgan fingerprint density at radius 3 is 2.91 bits per heavy atom. The Morgan fingerprint density at radius 2 is 2.27 bits per heavy atom. The van der Waals surface area contributed by atoms with E-state index in [0.717, 1.165) is 0 Å². The summed E-state index contributed by atoms with van der Waals surface area (Å²) in [5.74, 6) is -0.513. The molecular weight excluding hydrogens is 285 g/mol. The van der Waals surface area contributed by atoms with Gasteiger partial charge in [0.05, 0.1) is 24.4 Å². The average Bonchev–Trinajstić information content (AvgIpc) is 2.98. The number of aliphatic imine (C=N–C) groups is 1. The third kappa shape index (κ3) is 2.48. The summed E-state index contributed by atoms with van der Waals surface area (Å²) in [5.41, 5.74) is 0.551. The van der Waals surface area contributed by atoms with E-state index in [2.05, 4.69) is 15.0 Å². The van der Waals surface area contributed by atoms with Crippen molar-refractivity contribution in [1.82, 2.24) is 19.4 Å². The first kappa shape index (κ1) is 14.6. The Hall–Kier alpha value is -2.28. The molecular formula is C15H18FN5O. The molecule has 0 radical (unpaired) electrons. The molecule has 2 aromatic rings. The number of hydrogen-bond donors (Lipinski definition) is 1. The van der Waals surface area contributed by atoms with Gasteiger partial charge < -0.3 is 14.6 Å². The highest BCUT2D eigenvalue weighted by Crippen LogP contribution is 2.39. The zero-order valence-electron chi connectivity index (χ0n) is 12.7. The maximum atomic E-state index is 13.8. The van der Waals surface area contributed by atoms with Crippen LogP contribution in [-0.4, -0.2) is 50.6 Å². The standard InChI is InChI=1S/C15H18FN5O/c1-15(22)7-10(6-12(15)16)21-9-19-13-11(18-8-20(2)3)4-5-17-14(13)21/h4-6,8-10,22H,7H2,1-3H3/b18-8-/t10-,15-/m0/s1. The molecule has 0 aliphatic heterocycles. The lowest BCUT2D eigenvalue weighted by Crippen LogP contribution is -2.22. The lowest BCUT2D eigenvalue weighted by atomic mass is 10.0. The topological polar surface area (TPSA) is 66.5 Å². The second-order valence-electron chi connectivity index (χ2n) is 5.92. The molecule has 1 aliphatic rings. The molecule has 0 amide bonds. The van der Waals surface area contributed by atoms with Crippen molar-refractivity contribution < 1.29 is 9.50 Å². The number of hydrogen-bond acceptors (Lipinski definition) is 4. The van der Waals surface area contributed by atoms with Gasteiger partial charge in [-0.15, -0.1) is 0 Å². The van der Waals surface area contributed by atoms with Gasteiger partial charge in [-0.05, 0) is 19.1 Å². The number of aromatic nitrogens is 3. The number of fused-ring (bicyclic) bond motifs is 1. The van der Waals surface area contributed by atoms with Crippen LogP contribution in [0, 0.1) is 0 Å². The fourth-order valence-electron chi connectivity index (χ4n) is 2.54. The first-order valence-corrected chi connectivity index (χ1v) is 7.01. The minimum Gasteiger partial charge on any atom is -0.383 e. The van der Waals surface area contributed by atoms with Crippen LogP contribution in [-0.2, 0) is 0 Å². The zero-order valence-corrected chi connectivity index (χ0v) is 12.7. The largest absolute Gasteiger partial charge is 0.383 e. The zero-order chi connectivity index (χ0) is 15.9. The Labute approximate surface area is 127 Å². The number of halogens is 1. The smallest absolute Gasteiger partial charge is 0.162 e. The van der Waals surface area contributed by atoms with E-state index in [-0.39, 0.29) is 12.5 Å². The third-order valence-electron chi connectivity index (χ3n) is 3.68. The maximum Gasteiger partial charge on any atom is 0.162 e. The van der Waals surface area contributed by atoms with Crippen molar-refractivity contribution in [2.24, 2.45) is 4.99 Å². The Bertz CT molecular complexity index is 762. The second-order valence-corrected chi connectivity index (χ2v) is 5.92. The van der Waals surface area contributed by atoms with Gasteiger partial charge in [0, 0.05) is 26.7 Å². The summed E-state index contributed by atoms with van der Waals surface area (Å²) >= 11 is 0. The predicted octanol–water partition coefficient (Wildman–Crippen LogP) is 2.20. The fourth-order valence-corrected chi connectivity index (χ4v) is 2.54. The van der Waals surface area contributed by atoms with Crippen molar-refractivity contribution in [1.29, 1.82) is 0 Å². The number of nitrogens with zero attached hydrogens (tertiary/aromatic N) is 5. The summed E-state index contributed by atoms with van der Waals surface area (Å²) in [5, 5.41) is 9.98. The summed E-state index contributed by atoms with van der Waals surface area (Å²) in [7, 11) is 3.77. The molecule has 116 valence electrons. The number of imidazole rings is 1. The second kappa shape index (κ2) is 5.17. The lowest BCUT2D eigenvalue weighted by Gasteiger charge is -2.18. The van der Waals surface area contributed by atoms with E-state index < -0.39 is 11.4 Å². The molecule has 0 spiro atoms. The Balaban J connectivity index is 2.02. The van der Waals surface area contributed by atoms with Gasteiger partial charge in [-0.25, -0.2) is 19.4 Å². The molecule has 2 aromatic heterocycles. The monoisotopic (exact) mass is 303 g/mol. The van der Waals surface area contributed by atoms with Gasteiger partial charge in [0.1, 0.15) is 16.9 Å². The van der Waals surface area contributed by atoms with Gasteiger partial charge in [0.2, 0.25) is 0 Å². The van der Waals surface area contributed by atoms with Gasteiger partial charge >= 0.3 is 0 Å². The SMILES string of the molecule is CN(C)/C=N\c1ccnc2c1ncn2[C@H]1C=C(F)[C@@](C)(O)C1. The summed E-state index contributed by atoms with van der Waals surface area (Å²) in [6, 6.07) is 1.47. The van der Waals surface area contributed by atoms with Crippen LogP contribution in [0.3, 0.4) is 0 Å². The highest BCUT2D eigenvalue weighted by Gasteiger charge is 2.37. The van der Waals surface area contributed by atoms with Gasteiger partial charge in [-0.1, -0.05) is 0 Å². The third-order valence-corrected chi connectivity index (χ3v) is 3.68. The normalized spacial score (nSPS) is 25.1. The van der Waals surface area contributed by atoms with E-state index in [9.17, 15) is 9.50 Å². The van der Waals surface area contributed by atoms with Crippen molar-refractivity contribution in [3.8, 4) is 0 Å². The van der Waals surface area contributed by atoms with E-state index in [1.165, 1.54) is 13.0 Å². The number of rotatable bonds is 3. The Morgan fingerprint density at radius 1 is 1.50 bits per heavy atom. The van der Waals surface area contributed by atoms with E-state index in [1.54, 1.807) is 29.5 Å². The van der Waals surface area contributed by atoms with Crippen molar-refractivity contribution in [3.05, 3.63) is 30.5 Å². The number of pyridine rings is 1. The van der Waals surface area contributed by atoms with Crippen LogP contribution in [0.1, 0.15) is 19.4 Å². The first-order valence-electron chi connectivity index (χ1n) is 7.01. The molecule has 2 heterocycles. The predicted molar refractivity (Wildman–Crippen MR) is 82.8 cm³/mol. The molecule has 1 N–H and O–H groups in total. The maximum absolute atomic E-state index is 13.8. The molecule has 0 aromatic carbocycles. The van der Waals surface area contributed by atoms with Gasteiger partial charge in [0.25, 0.3) is 0 Å². The summed E-state index contributed by atoms with van der Waals surface area (Å²) in [4.78, 5) is 14.9. The van der Waals surface area contributed by atoms with Crippen molar-refractivity contribution in [3.63, 3.8) is 0 Å².